The number of nitriles is 1. The van der Waals surface area contributed by atoms with Crippen LogP contribution in [0.15, 0.2) is 60.7 Å². The number of methoxy groups -OCH3 is 1. The van der Waals surface area contributed by atoms with E-state index in [1.54, 1.807) is 13.2 Å². The fourth-order valence-corrected chi connectivity index (χ4v) is 1.65. The van der Waals surface area contributed by atoms with Gasteiger partial charge in [0.1, 0.15) is 5.76 Å². The zero-order valence-corrected chi connectivity index (χ0v) is 10.5. The Hall–Kier alpha value is -2.73. The average molecular weight is 251 g/mol. The Labute approximate surface area is 112 Å². The van der Waals surface area contributed by atoms with Gasteiger partial charge in [-0.2, -0.15) is 5.26 Å². The molecule has 0 heterocycles. The number of nitrogens with zero attached hydrogens (tertiary/aromatic N) is 1. The van der Waals surface area contributed by atoms with Gasteiger partial charge in [-0.05, 0) is 12.1 Å². The van der Waals surface area contributed by atoms with E-state index < -0.39 is 0 Å². The van der Waals surface area contributed by atoms with Crippen LogP contribution in [0.25, 0.3) is 5.76 Å². The third-order valence-electron chi connectivity index (χ3n) is 2.54. The van der Waals surface area contributed by atoms with E-state index in [2.05, 4.69) is 0 Å². The van der Waals surface area contributed by atoms with Crippen LogP contribution in [-0.2, 0) is 0 Å². The third-order valence-corrected chi connectivity index (χ3v) is 2.54. The molecule has 0 bridgehead atoms. The van der Waals surface area contributed by atoms with Gasteiger partial charge in [-0.1, -0.05) is 42.5 Å². The smallest absolute Gasteiger partial charge is 0.169 e. The van der Waals surface area contributed by atoms with Crippen molar-refractivity contribution in [3.63, 3.8) is 0 Å². The normalized spacial score (nSPS) is 10.6. The molecule has 0 aliphatic heterocycles. The second kappa shape index (κ2) is 6.27. The molecular weight excluding hydrogens is 238 g/mol. The summed E-state index contributed by atoms with van der Waals surface area (Å²) in [5.41, 5.74) is 0.843. The molecule has 94 valence electrons. The van der Waals surface area contributed by atoms with E-state index in [0.29, 0.717) is 17.3 Å². The van der Waals surface area contributed by atoms with Crippen LogP contribution in [0.3, 0.4) is 0 Å². The fourth-order valence-electron chi connectivity index (χ4n) is 1.65. The van der Waals surface area contributed by atoms with Gasteiger partial charge in [0.15, 0.2) is 11.5 Å². The summed E-state index contributed by atoms with van der Waals surface area (Å²) < 4.78 is 11.0. The minimum Gasteiger partial charge on any atom is -0.493 e. The van der Waals surface area contributed by atoms with Crippen molar-refractivity contribution in [3.05, 3.63) is 66.2 Å². The summed E-state index contributed by atoms with van der Waals surface area (Å²) >= 11 is 0. The van der Waals surface area contributed by atoms with E-state index in [1.807, 2.05) is 54.6 Å². The maximum absolute atomic E-state index is 8.86. The maximum Gasteiger partial charge on any atom is 0.169 e. The van der Waals surface area contributed by atoms with Crippen molar-refractivity contribution in [2.75, 3.05) is 7.11 Å². The van der Waals surface area contributed by atoms with Crippen LogP contribution in [-0.4, -0.2) is 7.11 Å². The topological polar surface area (TPSA) is 42.2 Å². The van der Waals surface area contributed by atoms with Gasteiger partial charge in [0.05, 0.1) is 19.3 Å². The minimum atomic E-state index is 0.493. The van der Waals surface area contributed by atoms with Crippen LogP contribution in [0.1, 0.15) is 5.56 Å². The highest BCUT2D eigenvalue weighted by atomic mass is 16.5. The first-order valence-corrected chi connectivity index (χ1v) is 5.81. The minimum absolute atomic E-state index is 0.493. The van der Waals surface area contributed by atoms with Crippen LogP contribution < -0.4 is 9.47 Å². The second-order valence-corrected chi connectivity index (χ2v) is 3.76. The number of hydrogen-bond donors (Lipinski definition) is 0. The van der Waals surface area contributed by atoms with Gasteiger partial charge < -0.3 is 9.47 Å². The summed E-state index contributed by atoms with van der Waals surface area (Å²) in [5, 5.41) is 8.86. The van der Waals surface area contributed by atoms with E-state index in [-0.39, 0.29) is 0 Å². The molecule has 0 aliphatic rings. The summed E-state index contributed by atoms with van der Waals surface area (Å²) in [6.45, 7) is 0. The van der Waals surface area contributed by atoms with E-state index in [1.165, 1.54) is 6.08 Å². The summed E-state index contributed by atoms with van der Waals surface area (Å²) in [6.07, 6.45) is 1.38. The Morgan fingerprint density at radius 2 is 1.63 bits per heavy atom. The number of rotatable bonds is 4. The third kappa shape index (κ3) is 3.14. The van der Waals surface area contributed by atoms with Crippen LogP contribution in [0.4, 0.5) is 0 Å². The van der Waals surface area contributed by atoms with Gasteiger partial charge >= 0.3 is 0 Å². The summed E-state index contributed by atoms with van der Waals surface area (Å²) in [6, 6.07) is 18.8. The molecule has 0 saturated carbocycles. The van der Waals surface area contributed by atoms with Gasteiger partial charge in [-0.3, -0.25) is 0 Å². The van der Waals surface area contributed by atoms with E-state index in [0.717, 1.165) is 5.56 Å². The molecular formula is C16H13NO2. The van der Waals surface area contributed by atoms with E-state index >= 15 is 0 Å². The average Bonchev–Trinajstić information content (AvgIpc) is 2.48. The quantitative estimate of drug-likeness (QED) is 0.615. The molecule has 0 fully saturated rings. The molecule has 3 heteroatoms. The Bertz CT molecular complexity index is 612. The lowest BCUT2D eigenvalue weighted by Crippen LogP contribution is -1.97. The lowest BCUT2D eigenvalue weighted by atomic mass is 10.2. The van der Waals surface area contributed by atoms with Crippen molar-refractivity contribution in [2.24, 2.45) is 0 Å². The predicted molar refractivity (Wildman–Crippen MR) is 73.7 cm³/mol. The first kappa shape index (κ1) is 12.7. The molecule has 0 aliphatic carbocycles. The molecule has 0 aromatic heterocycles. The molecule has 0 radical (unpaired) electrons. The van der Waals surface area contributed by atoms with Crippen molar-refractivity contribution in [3.8, 4) is 17.6 Å². The maximum atomic E-state index is 8.86. The molecule has 2 aromatic rings. The Morgan fingerprint density at radius 1 is 1.00 bits per heavy atom. The first-order valence-electron chi connectivity index (χ1n) is 5.81. The van der Waals surface area contributed by atoms with Crippen LogP contribution in [0.2, 0.25) is 0 Å². The monoisotopic (exact) mass is 251 g/mol. The van der Waals surface area contributed by atoms with Crippen molar-refractivity contribution < 1.29 is 9.47 Å². The zero-order chi connectivity index (χ0) is 13.5. The van der Waals surface area contributed by atoms with Crippen molar-refractivity contribution in [2.45, 2.75) is 0 Å². The Balaban J connectivity index is 2.33. The molecule has 2 rings (SSSR count). The Morgan fingerprint density at radius 3 is 2.26 bits per heavy atom. The standard InChI is InChI=1S/C16H13NO2/c1-18-15-9-5-6-10-16(15)19-14(11-12-17)13-7-3-2-4-8-13/h2-11H,1H3/b14-11-. The molecule has 2 aromatic carbocycles. The van der Waals surface area contributed by atoms with Crippen LogP contribution in [0, 0.1) is 11.3 Å². The second-order valence-electron chi connectivity index (χ2n) is 3.76. The van der Waals surface area contributed by atoms with E-state index in [4.69, 9.17) is 14.7 Å². The SMILES string of the molecule is COc1ccccc1O/C(=C\C#N)c1ccccc1. The fraction of sp³-hybridized carbons (Fsp3) is 0.0625. The Kier molecular flexibility index (Phi) is 4.20. The number of allylic oxidation sites excluding steroid dienone is 1. The van der Waals surface area contributed by atoms with Gasteiger partial charge in [0.25, 0.3) is 0 Å². The molecule has 0 spiro atoms. The summed E-state index contributed by atoms with van der Waals surface area (Å²) in [5.74, 6) is 1.70. The molecule has 0 saturated heterocycles. The largest absolute Gasteiger partial charge is 0.493 e. The highest BCUT2D eigenvalue weighted by Gasteiger charge is 2.08. The molecule has 0 atom stereocenters. The van der Waals surface area contributed by atoms with Crippen molar-refractivity contribution in [1.82, 2.24) is 0 Å². The number of benzene rings is 2. The number of para-hydroxylation sites is 2. The summed E-state index contributed by atoms with van der Waals surface area (Å²) in [7, 11) is 1.58. The van der Waals surface area contributed by atoms with Gasteiger partial charge in [-0.15, -0.1) is 0 Å². The molecule has 0 amide bonds. The van der Waals surface area contributed by atoms with Gasteiger partial charge in [-0.25, -0.2) is 0 Å². The molecule has 3 nitrogen and oxygen atoms in total. The van der Waals surface area contributed by atoms with Crippen LogP contribution in [0.5, 0.6) is 11.5 Å². The first-order chi connectivity index (χ1) is 9.35. The van der Waals surface area contributed by atoms with E-state index in [9.17, 15) is 0 Å². The number of hydrogen-bond acceptors (Lipinski definition) is 3. The van der Waals surface area contributed by atoms with Crippen LogP contribution >= 0.6 is 0 Å². The predicted octanol–water partition coefficient (Wildman–Crippen LogP) is 3.64. The van der Waals surface area contributed by atoms with Gasteiger partial charge in [0, 0.05) is 5.56 Å². The summed E-state index contributed by atoms with van der Waals surface area (Å²) in [4.78, 5) is 0. The zero-order valence-electron chi connectivity index (χ0n) is 10.5. The highest BCUT2D eigenvalue weighted by molar-refractivity contribution is 5.65. The molecule has 19 heavy (non-hydrogen) atoms. The highest BCUT2D eigenvalue weighted by Crippen LogP contribution is 2.30. The van der Waals surface area contributed by atoms with Gasteiger partial charge in [0.2, 0.25) is 0 Å². The lowest BCUT2D eigenvalue weighted by Gasteiger charge is -2.12. The molecule has 0 unspecified atom stereocenters. The van der Waals surface area contributed by atoms with Crippen molar-refractivity contribution in [1.29, 1.82) is 5.26 Å². The lowest BCUT2D eigenvalue weighted by molar-refractivity contribution is 0.385. The van der Waals surface area contributed by atoms with Crippen molar-refractivity contribution >= 4 is 5.76 Å². The number of ether oxygens (including phenoxy) is 2. The molecule has 0 N–H and O–H groups in total.